The molecule has 0 aliphatic rings. The van der Waals surface area contributed by atoms with Gasteiger partial charge in [-0.3, -0.25) is 4.79 Å². The molecule has 0 radical (unpaired) electrons. The van der Waals surface area contributed by atoms with Crippen LogP contribution in [0.2, 0.25) is 0 Å². The number of fused-ring (bicyclic) bond motifs is 1. The molecule has 0 bridgehead atoms. The van der Waals surface area contributed by atoms with Crippen LogP contribution in [0.25, 0.3) is 11.0 Å². The van der Waals surface area contributed by atoms with Gasteiger partial charge in [-0.05, 0) is 43.7 Å². The first-order valence-corrected chi connectivity index (χ1v) is 10.0. The highest BCUT2D eigenvalue weighted by Crippen LogP contribution is 2.22. The van der Waals surface area contributed by atoms with E-state index in [4.69, 9.17) is 9.15 Å². The molecule has 0 unspecified atom stereocenters. The Labute approximate surface area is 162 Å². The van der Waals surface area contributed by atoms with E-state index in [-0.39, 0.29) is 23.6 Å². The second-order valence-electron chi connectivity index (χ2n) is 6.34. The molecule has 0 saturated heterocycles. The SMILES string of the molecule is Cc1ccc(S(=O)(=O)NCCC(=O)Oc2ccc3c(C)cc(=O)oc3c2)cc1. The minimum Gasteiger partial charge on any atom is -0.426 e. The van der Waals surface area contributed by atoms with Crippen LogP contribution >= 0.6 is 0 Å². The van der Waals surface area contributed by atoms with Gasteiger partial charge in [0.1, 0.15) is 11.3 Å². The molecule has 2 aromatic carbocycles. The van der Waals surface area contributed by atoms with E-state index in [0.29, 0.717) is 5.58 Å². The first-order valence-electron chi connectivity index (χ1n) is 8.56. The molecule has 146 valence electrons. The molecule has 0 saturated carbocycles. The molecular formula is C20H19NO6S. The number of sulfonamides is 1. The summed E-state index contributed by atoms with van der Waals surface area (Å²) in [4.78, 5) is 23.6. The molecular weight excluding hydrogens is 382 g/mol. The van der Waals surface area contributed by atoms with Crippen LogP contribution < -0.4 is 15.1 Å². The zero-order valence-electron chi connectivity index (χ0n) is 15.4. The van der Waals surface area contributed by atoms with E-state index < -0.39 is 21.6 Å². The third-order valence-electron chi connectivity index (χ3n) is 4.11. The third-order valence-corrected chi connectivity index (χ3v) is 5.58. The highest BCUT2D eigenvalue weighted by Gasteiger charge is 2.15. The Kier molecular flexibility index (Phi) is 5.62. The van der Waals surface area contributed by atoms with Crippen LogP contribution in [-0.2, 0) is 14.8 Å². The summed E-state index contributed by atoms with van der Waals surface area (Å²) in [5, 5.41) is 0.741. The Balaban J connectivity index is 1.61. The maximum Gasteiger partial charge on any atom is 0.336 e. The Morgan fingerprint density at radius 2 is 1.79 bits per heavy atom. The van der Waals surface area contributed by atoms with Crippen molar-refractivity contribution in [1.29, 1.82) is 0 Å². The van der Waals surface area contributed by atoms with Crippen LogP contribution in [0.15, 0.2) is 62.6 Å². The van der Waals surface area contributed by atoms with Gasteiger partial charge in [0.05, 0.1) is 11.3 Å². The lowest BCUT2D eigenvalue weighted by atomic mass is 10.1. The molecule has 3 rings (SSSR count). The van der Waals surface area contributed by atoms with E-state index in [9.17, 15) is 18.0 Å². The second kappa shape index (κ2) is 7.95. The molecule has 8 heteroatoms. The Hall–Kier alpha value is -2.97. The number of ether oxygens (including phenoxy) is 1. The summed E-state index contributed by atoms with van der Waals surface area (Å²) >= 11 is 0. The van der Waals surface area contributed by atoms with Gasteiger partial charge in [0.2, 0.25) is 10.0 Å². The average Bonchev–Trinajstić information content (AvgIpc) is 2.61. The molecule has 28 heavy (non-hydrogen) atoms. The number of aryl methyl sites for hydroxylation is 2. The number of rotatable bonds is 6. The lowest BCUT2D eigenvalue weighted by Gasteiger charge is -2.08. The monoisotopic (exact) mass is 401 g/mol. The molecule has 0 atom stereocenters. The van der Waals surface area contributed by atoms with E-state index in [1.807, 2.05) is 6.92 Å². The smallest absolute Gasteiger partial charge is 0.336 e. The van der Waals surface area contributed by atoms with Crippen molar-refractivity contribution in [3.63, 3.8) is 0 Å². The molecule has 1 heterocycles. The van der Waals surface area contributed by atoms with Gasteiger partial charge in [-0.15, -0.1) is 0 Å². The lowest BCUT2D eigenvalue weighted by molar-refractivity contribution is -0.134. The van der Waals surface area contributed by atoms with Crippen molar-refractivity contribution in [2.24, 2.45) is 0 Å². The highest BCUT2D eigenvalue weighted by molar-refractivity contribution is 7.89. The average molecular weight is 401 g/mol. The summed E-state index contributed by atoms with van der Waals surface area (Å²) in [7, 11) is -3.69. The minimum absolute atomic E-state index is 0.100. The zero-order chi connectivity index (χ0) is 20.3. The molecule has 0 amide bonds. The van der Waals surface area contributed by atoms with Gasteiger partial charge >= 0.3 is 11.6 Å². The van der Waals surface area contributed by atoms with Crippen LogP contribution in [0.3, 0.4) is 0 Å². The van der Waals surface area contributed by atoms with Gasteiger partial charge in [0, 0.05) is 24.1 Å². The van der Waals surface area contributed by atoms with Gasteiger partial charge in [-0.1, -0.05) is 17.7 Å². The van der Waals surface area contributed by atoms with Crippen molar-refractivity contribution < 1.29 is 22.4 Å². The molecule has 1 aromatic heterocycles. The number of carbonyl (C=O) groups is 1. The topological polar surface area (TPSA) is 103 Å². The summed E-state index contributed by atoms with van der Waals surface area (Å²) in [6, 6.07) is 12.5. The lowest BCUT2D eigenvalue weighted by Crippen LogP contribution is -2.27. The highest BCUT2D eigenvalue weighted by atomic mass is 32.2. The molecule has 0 fully saturated rings. The van der Waals surface area contributed by atoms with Crippen LogP contribution in [0, 0.1) is 13.8 Å². The normalized spacial score (nSPS) is 11.5. The maximum atomic E-state index is 12.2. The minimum atomic E-state index is -3.69. The fourth-order valence-corrected chi connectivity index (χ4v) is 3.67. The van der Waals surface area contributed by atoms with Crippen molar-refractivity contribution in [2.45, 2.75) is 25.2 Å². The number of hydrogen-bond donors (Lipinski definition) is 1. The number of esters is 1. The van der Waals surface area contributed by atoms with Crippen molar-refractivity contribution in [3.05, 3.63) is 70.1 Å². The summed E-state index contributed by atoms with van der Waals surface area (Å²) in [6.07, 6.45) is -0.152. The van der Waals surface area contributed by atoms with Gasteiger partial charge in [-0.25, -0.2) is 17.9 Å². The van der Waals surface area contributed by atoms with Crippen molar-refractivity contribution >= 4 is 27.0 Å². The van der Waals surface area contributed by atoms with Crippen LogP contribution in [0.1, 0.15) is 17.5 Å². The van der Waals surface area contributed by atoms with Gasteiger partial charge < -0.3 is 9.15 Å². The summed E-state index contributed by atoms with van der Waals surface area (Å²) in [5.41, 5.74) is 1.54. The number of nitrogens with one attached hydrogen (secondary N) is 1. The maximum absolute atomic E-state index is 12.2. The Morgan fingerprint density at radius 3 is 2.50 bits per heavy atom. The van der Waals surface area contributed by atoms with Crippen molar-refractivity contribution in [3.8, 4) is 5.75 Å². The molecule has 0 spiro atoms. The number of benzene rings is 2. The van der Waals surface area contributed by atoms with Crippen LogP contribution in [-0.4, -0.2) is 20.9 Å². The van der Waals surface area contributed by atoms with E-state index in [2.05, 4.69) is 4.72 Å². The van der Waals surface area contributed by atoms with E-state index >= 15 is 0 Å². The fraction of sp³-hybridized carbons (Fsp3) is 0.200. The van der Waals surface area contributed by atoms with Gasteiger partial charge in [-0.2, -0.15) is 0 Å². The van der Waals surface area contributed by atoms with Crippen molar-refractivity contribution in [2.75, 3.05) is 6.54 Å². The number of hydrogen-bond acceptors (Lipinski definition) is 6. The predicted molar refractivity (Wildman–Crippen MR) is 104 cm³/mol. The molecule has 3 aromatic rings. The molecule has 0 aliphatic heterocycles. The quantitative estimate of drug-likeness (QED) is 0.387. The van der Waals surface area contributed by atoms with Gasteiger partial charge in [0.15, 0.2) is 0 Å². The van der Waals surface area contributed by atoms with E-state index in [1.165, 1.54) is 24.3 Å². The fourth-order valence-electron chi connectivity index (χ4n) is 2.64. The third kappa shape index (κ3) is 4.65. The first-order chi connectivity index (χ1) is 13.2. The summed E-state index contributed by atoms with van der Waals surface area (Å²) in [5.74, 6) is -0.395. The standard InChI is InChI=1S/C20H19NO6S/c1-13-3-6-16(7-4-13)28(24,25)21-10-9-19(22)26-15-5-8-17-14(2)11-20(23)27-18(17)12-15/h3-8,11-12,21H,9-10H2,1-2H3. The summed E-state index contributed by atoms with van der Waals surface area (Å²) in [6.45, 7) is 3.54. The molecule has 0 aliphatic carbocycles. The van der Waals surface area contributed by atoms with E-state index in [0.717, 1.165) is 16.5 Å². The van der Waals surface area contributed by atoms with Crippen LogP contribution in [0.4, 0.5) is 0 Å². The largest absolute Gasteiger partial charge is 0.426 e. The second-order valence-corrected chi connectivity index (χ2v) is 8.11. The van der Waals surface area contributed by atoms with Crippen LogP contribution in [0.5, 0.6) is 5.75 Å². The summed E-state index contributed by atoms with van der Waals surface area (Å²) < 4.78 is 37.1. The number of carbonyl (C=O) groups excluding carboxylic acids is 1. The van der Waals surface area contributed by atoms with E-state index in [1.54, 1.807) is 31.2 Å². The van der Waals surface area contributed by atoms with Crippen molar-refractivity contribution in [1.82, 2.24) is 4.72 Å². The first kappa shape index (κ1) is 19.8. The Bertz CT molecular complexity index is 1180. The van der Waals surface area contributed by atoms with Gasteiger partial charge in [0.25, 0.3) is 0 Å². The Morgan fingerprint density at radius 1 is 1.07 bits per heavy atom. The molecule has 7 nitrogen and oxygen atoms in total. The predicted octanol–water partition coefficient (Wildman–Crippen LogP) is 2.68. The zero-order valence-corrected chi connectivity index (χ0v) is 16.2. The molecule has 1 N–H and O–H groups in total.